The minimum atomic E-state index is -0.430. The lowest BCUT2D eigenvalue weighted by Crippen LogP contribution is -3.11. The lowest BCUT2D eigenvalue weighted by molar-refractivity contribution is -0.921. The number of likely N-dealkylation sites (tertiary alicyclic amines) is 1. The number of benzene rings is 1. The van der Waals surface area contributed by atoms with Crippen LogP contribution in [0.5, 0.6) is 5.75 Å². The molecule has 1 unspecified atom stereocenters. The van der Waals surface area contributed by atoms with E-state index in [1.807, 2.05) is 29.5 Å². The van der Waals surface area contributed by atoms with Crippen molar-refractivity contribution in [3.05, 3.63) is 52.2 Å². The number of hydrogen-bond donors (Lipinski definition) is 2. The van der Waals surface area contributed by atoms with Gasteiger partial charge < -0.3 is 14.7 Å². The summed E-state index contributed by atoms with van der Waals surface area (Å²) in [6.07, 6.45) is 2.03. The molecule has 2 N–H and O–H groups in total. The molecule has 0 radical (unpaired) electrons. The first kappa shape index (κ1) is 17.5. The Balaban J connectivity index is 1.55. The summed E-state index contributed by atoms with van der Waals surface area (Å²) in [7, 11) is 0. The van der Waals surface area contributed by atoms with Crippen LogP contribution in [0.15, 0.2) is 41.8 Å². The standard InChI is InChI=1S/C20H27NO2S/c1-15(2)17-7-3-4-9-19(17)23-14-16(22)13-21-11-5-8-18(21)20-10-6-12-24-20/h3-4,6-7,9-10,12,15-16,18,22H,5,8,11,13-14H2,1-2H3/p+1/t16-,18-/m0/s1. The van der Waals surface area contributed by atoms with Crippen LogP contribution in [0.1, 0.15) is 49.1 Å². The van der Waals surface area contributed by atoms with Gasteiger partial charge in [0.15, 0.2) is 0 Å². The monoisotopic (exact) mass is 346 g/mol. The van der Waals surface area contributed by atoms with Crippen molar-refractivity contribution < 1.29 is 14.7 Å². The van der Waals surface area contributed by atoms with Gasteiger partial charge in [0.2, 0.25) is 0 Å². The number of rotatable bonds is 7. The van der Waals surface area contributed by atoms with E-state index in [1.54, 1.807) is 0 Å². The maximum Gasteiger partial charge on any atom is 0.137 e. The fourth-order valence-corrected chi connectivity index (χ4v) is 4.55. The van der Waals surface area contributed by atoms with Gasteiger partial charge in [-0.1, -0.05) is 38.1 Å². The second-order valence-electron chi connectivity index (χ2n) is 6.98. The number of hydrogen-bond acceptors (Lipinski definition) is 3. The van der Waals surface area contributed by atoms with Gasteiger partial charge in [-0.15, -0.1) is 11.3 Å². The van der Waals surface area contributed by atoms with Gasteiger partial charge in [-0.25, -0.2) is 0 Å². The van der Waals surface area contributed by atoms with Crippen LogP contribution in [0.25, 0.3) is 0 Å². The van der Waals surface area contributed by atoms with Gasteiger partial charge >= 0.3 is 0 Å². The highest BCUT2D eigenvalue weighted by molar-refractivity contribution is 7.10. The molecular formula is C20H28NO2S+. The van der Waals surface area contributed by atoms with E-state index >= 15 is 0 Å². The zero-order valence-electron chi connectivity index (χ0n) is 14.6. The molecule has 1 aliphatic rings. The van der Waals surface area contributed by atoms with Gasteiger partial charge in [-0.05, 0) is 29.0 Å². The van der Waals surface area contributed by atoms with Gasteiger partial charge in [0, 0.05) is 12.8 Å². The topological polar surface area (TPSA) is 33.9 Å². The van der Waals surface area contributed by atoms with Crippen LogP contribution >= 0.6 is 11.3 Å². The zero-order valence-corrected chi connectivity index (χ0v) is 15.4. The van der Waals surface area contributed by atoms with Crippen molar-refractivity contribution >= 4 is 11.3 Å². The fraction of sp³-hybridized carbons (Fsp3) is 0.500. The Morgan fingerprint density at radius 1 is 1.25 bits per heavy atom. The Morgan fingerprint density at radius 3 is 2.83 bits per heavy atom. The molecule has 1 saturated heterocycles. The third kappa shape index (κ3) is 4.18. The summed E-state index contributed by atoms with van der Waals surface area (Å²) in [4.78, 5) is 2.94. The first-order valence-corrected chi connectivity index (χ1v) is 9.81. The van der Waals surface area contributed by atoms with Crippen LogP contribution < -0.4 is 9.64 Å². The smallest absolute Gasteiger partial charge is 0.137 e. The molecule has 1 fully saturated rings. The Hall–Kier alpha value is -1.36. The second kappa shape index (κ2) is 8.15. The summed E-state index contributed by atoms with van der Waals surface area (Å²) in [5.41, 5.74) is 1.20. The molecule has 0 spiro atoms. The molecule has 3 rings (SSSR count). The van der Waals surface area contributed by atoms with E-state index in [2.05, 4.69) is 37.4 Å². The van der Waals surface area contributed by atoms with Gasteiger partial charge in [0.05, 0.1) is 11.4 Å². The molecule has 1 aromatic heterocycles. The lowest BCUT2D eigenvalue weighted by Gasteiger charge is -2.24. The normalized spacial score (nSPS) is 22.0. The third-order valence-electron chi connectivity index (χ3n) is 4.84. The van der Waals surface area contributed by atoms with Gasteiger partial charge in [0.1, 0.15) is 31.0 Å². The summed E-state index contributed by atoms with van der Waals surface area (Å²) in [6.45, 7) is 6.59. The fourth-order valence-electron chi connectivity index (χ4n) is 3.63. The molecule has 130 valence electrons. The second-order valence-corrected chi connectivity index (χ2v) is 7.96. The number of quaternary nitrogens is 1. The molecule has 0 bridgehead atoms. The molecule has 1 aliphatic heterocycles. The molecular weight excluding hydrogens is 318 g/mol. The van der Waals surface area contributed by atoms with E-state index in [0.717, 1.165) is 18.8 Å². The SMILES string of the molecule is CC(C)c1ccccc1OC[C@@H](O)C[NH+]1CCC[C@H]1c1cccs1. The van der Waals surface area contributed by atoms with E-state index in [9.17, 15) is 5.11 Å². The maximum atomic E-state index is 10.5. The summed E-state index contributed by atoms with van der Waals surface area (Å²) >= 11 is 1.83. The third-order valence-corrected chi connectivity index (χ3v) is 5.83. The maximum absolute atomic E-state index is 10.5. The zero-order chi connectivity index (χ0) is 16.9. The average molecular weight is 347 g/mol. The number of aliphatic hydroxyl groups is 1. The Morgan fingerprint density at radius 2 is 2.08 bits per heavy atom. The molecule has 24 heavy (non-hydrogen) atoms. The van der Waals surface area contributed by atoms with Crippen molar-refractivity contribution in [1.29, 1.82) is 0 Å². The summed E-state index contributed by atoms with van der Waals surface area (Å²) in [5.74, 6) is 1.32. The molecule has 0 amide bonds. The minimum Gasteiger partial charge on any atom is -0.490 e. The Labute approximate surface area is 148 Å². The highest BCUT2D eigenvalue weighted by Gasteiger charge is 2.32. The molecule has 0 saturated carbocycles. The number of aliphatic hydroxyl groups excluding tert-OH is 1. The Bertz CT molecular complexity index is 626. The lowest BCUT2D eigenvalue weighted by atomic mass is 10.0. The van der Waals surface area contributed by atoms with Crippen LogP contribution in [0.4, 0.5) is 0 Å². The van der Waals surface area contributed by atoms with Crippen LogP contribution in [0.3, 0.4) is 0 Å². The number of ether oxygens (including phenoxy) is 1. The molecule has 4 heteroatoms. The van der Waals surface area contributed by atoms with Gasteiger partial charge in [-0.2, -0.15) is 0 Å². The largest absolute Gasteiger partial charge is 0.490 e. The quantitative estimate of drug-likeness (QED) is 0.808. The minimum absolute atomic E-state index is 0.365. The number of thiophene rings is 1. The average Bonchev–Trinajstić information content (AvgIpc) is 3.24. The predicted octanol–water partition coefficient (Wildman–Crippen LogP) is 3.03. The number of nitrogens with one attached hydrogen (secondary N) is 1. The van der Waals surface area contributed by atoms with E-state index in [1.165, 1.54) is 28.2 Å². The summed E-state index contributed by atoms with van der Waals surface area (Å²) in [6, 6.07) is 13.0. The van der Waals surface area contributed by atoms with Crippen molar-refractivity contribution in [2.24, 2.45) is 0 Å². The summed E-state index contributed by atoms with van der Waals surface area (Å²) < 4.78 is 5.94. The van der Waals surface area contributed by atoms with Crippen molar-refractivity contribution in [2.45, 2.75) is 44.8 Å². The van der Waals surface area contributed by atoms with E-state index < -0.39 is 6.10 Å². The van der Waals surface area contributed by atoms with Crippen molar-refractivity contribution in [2.75, 3.05) is 19.7 Å². The van der Waals surface area contributed by atoms with Crippen molar-refractivity contribution in [1.82, 2.24) is 0 Å². The molecule has 0 aliphatic carbocycles. The molecule has 3 nitrogen and oxygen atoms in total. The highest BCUT2D eigenvalue weighted by atomic mass is 32.1. The van der Waals surface area contributed by atoms with Crippen LogP contribution in [-0.4, -0.2) is 30.9 Å². The van der Waals surface area contributed by atoms with Gasteiger partial charge in [0.25, 0.3) is 0 Å². The van der Waals surface area contributed by atoms with E-state index in [4.69, 9.17) is 4.74 Å². The molecule has 3 atom stereocenters. The van der Waals surface area contributed by atoms with E-state index in [0.29, 0.717) is 18.6 Å². The first-order chi connectivity index (χ1) is 11.6. The predicted molar refractivity (Wildman–Crippen MR) is 99.0 cm³/mol. The van der Waals surface area contributed by atoms with Crippen molar-refractivity contribution in [3.8, 4) is 5.75 Å². The van der Waals surface area contributed by atoms with Crippen molar-refractivity contribution in [3.63, 3.8) is 0 Å². The molecule has 1 aromatic carbocycles. The van der Waals surface area contributed by atoms with Crippen LogP contribution in [0, 0.1) is 0 Å². The molecule has 2 heterocycles. The number of para-hydroxylation sites is 1. The van der Waals surface area contributed by atoms with Crippen LogP contribution in [0.2, 0.25) is 0 Å². The Kier molecular flexibility index (Phi) is 5.93. The summed E-state index contributed by atoms with van der Waals surface area (Å²) in [5, 5.41) is 12.6. The molecule has 2 aromatic rings. The van der Waals surface area contributed by atoms with E-state index in [-0.39, 0.29) is 0 Å². The van der Waals surface area contributed by atoms with Gasteiger partial charge in [-0.3, -0.25) is 0 Å². The van der Waals surface area contributed by atoms with Crippen LogP contribution in [-0.2, 0) is 0 Å². The first-order valence-electron chi connectivity index (χ1n) is 8.93. The highest BCUT2D eigenvalue weighted by Crippen LogP contribution is 2.26.